The molecule has 0 radical (unpaired) electrons. The van der Waals surface area contributed by atoms with Crippen molar-refractivity contribution in [2.45, 2.75) is 25.0 Å². The third-order valence-corrected chi connectivity index (χ3v) is 2.86. The topological polar surface area (TPSA) is 129 Å². The predicted molar refractivity (Wildman–Crippen MR) is 63.2 cm³/mol. The summed E-state index contributed by atoms with van der Waals surface area (Å²) in [5.74, 6) is 0. The Balaban J connectivity index is 3.61. The summed E-state index contributed by atoms with van der Waals surface area (Å²) >= 11 is 0. The third-order valence-electron chi connectivity index (χ3n) is 2.86. The van der Waals surface area contributed by atoms with Gasteiger partial charge in [0.05, 0.1) is 0 Å². The Morgan fingerprint density at radius 1 is 1.05 bits per heavy atom. The van der Waals surface area contributed by atoms with Gasteiger partial charge in [-0.2, -0.15) is 0 Å². The van der Waals surface area contributed by atoms with Crippen molar-refractivity contribution in [2.24, 2.45) is 0 Å². The molecule has 0 N–H and O–H groups in total. The lowest BCUT2D eigenvalue weighted by molar-refractivity contribution is -0.847. The van der Waals surface area contributed by atoms with Crippen molar-refractivity contribution in [3.8, 4) is 0 Å². The summed E-state index contributed by atoms with van der Waals surface area (Å²) in [4.78, 5) is 30.0. The van der Waals surface area contributed by atoms with Crippen LogP contribution in [0.4, 0.5) is 0 Å². The van der Waals surface area contributed by atoms with Crippen LogP contribution in [0.15, 0.2) is 30.3 Å². The van der Waals surface area contributed by atoms with Gasteiger partial charge >= 0.3 is 11.7 Å². The van der Waals surface area contributed by atoms with E-state index in [1.807, 2.05) is 0 Å². The van der Waals surface area contributed by atoms with Gasteiger partial charge in [-0.1, -0.05) is 25.1 Å². The molecule has 102 valence electrons. The molecule has 0 aromatic heterocycles. The first-order valence-corrected chi connectivity index (χ1v) is 5.37. The molecule has 1 atom stereocenters. The molecular formula is C10H11N3O6. The molecular weight excluding hydrogens is 258 g/mol. The van der Waals surface area contributed by atoms with E-state index in [0.29, 0.717) is 0 Å². The van der Waals surface area contributed by atoms with Crippen LogP contribution in [0.3, 0.4) is 0 Å². The highest BCUT2D eigenvalue weighted by molar-refractivity contribution is 5.21. The van der Waals surface area contributed by atoms with Crippen molar-refractivity contribution in [3.63, 3.8) is 0 Å². The molecule has 0 aliphatic carbocycles. The number of nitrogens with zero attached hydrogens (tertiary/aromatic N) is 3. The molecule has 0 bridgehead atoms. The summed E-state index contributed by atoms with van der Waals surface area (Å²) in [5, 5.41) is 33.4. The second kappa shape index (κ2) is 5.38. The average molecular weight is 269 g/mol. The van der Waals surface area contributed by atoms with E-state index in [9.17, 15) is 30.3 Å². The SMILES string of the molecule is CCC([N+](=O)[O-])C(c1ccccc1)([N+](=O)[O-])[N+](=O)[O-]. The van der Waals surface area contributed by atoms with E-state index >= 15 is 0 Å². The van der Waals surface area contributed by atoms with E-state index in [2.05, 4.69) is 0 Å². The number of hydrogen-bond acceptors (Lipinski definition) is 6. The molecule has 0 fully saturated rings. The van der Waals surface area contributed by atoms with Crippen LogP contribution in [0.25, 0.3) is 0 Å². The Hall–Kier alpha value is -2.58. The average Bonchev–Trinajstić information content (AvgIpc) is 2.35. The van der Waals surface area contributed by atoms with Crippen LogP contribution in [-0.2, 0) is 5.66 Å². The van der Waals surface area contributed by atoms with Crippen molar-refractivity contribution in [3.05, 3.63) is 66.2 Å². The number of benzene rings is 1. The molecule has 19 heavy (non-hydrogen) atoms. The Morgan fingerprint density at radius 2 is 1.53 bits per heavy atom. The summed E-state index contributed by atoms with van der Waals surface area (Å²) in [5.41, 5.74) is -3.28. The predicted octanol–water partition coefficient (Wildman–Crippen LogP) is 1.45. The van der Waals surface area contributed by atoms with Crippen LogP contribution in [0.1, 0.15) is 18.9 Å². The minimum Gasteiger partial charge on any atom is -0.264 e. The van der Waals surface area contributed by atoms with Gasteiger partial charge in [0.15, 0.2) is 0 Å². The van der Waals surface area contributed by atoms with E-state index in [1.54, 1.807) is 0 Å². The summed E-state index contributed by atoms with van der Waals surface area (Å²) in [7, 11) is 0. The second-order valence-electron chi connectivity index (χ2n) is 3.82. The van der Waals surface area contributed by atoms with Crippen molar-refractivity contribution in [2.75, 3.05) is 0 Å². The minimum atomic E-state index is -2.97. The van der Waals surface area contributed by atoms with E-state index in [0.717, 1.165) is 12.1 Å². The van der Waals surface area contributed by atoms with Crippen LogP contribution in [0, 0.1) is 30.3 Å². The van der Waals surface area contributed by atoms with Crippen LogP contribution in [-0.4, -0.2) is 20.8 Å². The van der Waals surface area contributed by atoms with E-state index in [4.69, 9.17) is 0 Å². The van der Waals surface area contributed by atoms with Crippen LogP contribution < -0.4 is 0 Å². The zero-order chi connectivity index (χ0) is 14.6. The lowest BCUT2D eigenvalue weighted by atomic mass is 9.91. The first-order valence-electron chi connectivity index (χ1n) is 5.37. The molecule has 0 aliphatic heterocycles. The molecule has 1 rings (SSSR count). The van der Waals surface area contributed by atoms with Gasteiger partial charge in [0.25, 0.3) is 0 Å². The van der Waals surface area contributed by atoms with Crippen molar-refractivity contribution in [1.82, 2.24) is 0 Å². The molecule has 0 spiro atoms. The molecule has 9 nitrogen and oxygen atoms in total. The Kier molecular flexibility index (Phi) is 4.10. The van der Waals surface area contributed by atoms with Crippen LogP contribution in [0.2, 0.25) is 0 Å². The van der Waals surface area contributed by atoms with Crippen molar-refractivity contribution in [1.29, 1.82) is 0 Å². The summed E-state index contributed by atoms with van der Waals surface area (Å²) in [6, 6.07) is 4.60. The fourth-order valence-corrected chi connectivity index (χ4v) is 1.98. The number of rotatable bonds is 6. The molecule has 0 saturated heterocycles. The zero-order valence-electron chi connectivity index (χ0n) is 9.96. The third kappa shape index (κ3) is 2.21. The van der Waals surface area contributed by atoms with Crippen LogP contribution >= 0.6 is 0 Å². The smallest absolute Gasteiger partial charge is 0.264 e. The van der Waals surface area contributed by atoms with Gasteiger partial charge in [-0.05, 0) is 12.1 Å². The summed E-state index contributed by atoms with van der Waals surface area (Å²) in [6.07, 6.45) is -0.330. The highest BCUT2D eigenvalue weighted by Crippen LogP contribution is 2.32. The Bertz CT molecular complexity index is 489. The van der Waals surface area contributed by atoms with Crippen molar-refractivity contribution >= 4 is 0 Å². The molecule has 0 saturated carbocycles. The molecule has 1 unspecified atom stereocenters. The van der Waals surface area contributed by atoms with Gasteiger partial charge in [0.2, 0.25) is 0 Å². The fraction of sp³-hybridized carbons (Fsp3) is 0.400. The highest BCUT2D eigenvalue weighted by atomic mass is 16.7. The van der Waals surface area contributed by atoms with Gasteiger partial charge in [-0.15, -0.1) is 0 Å². The van der Waals surface area contributed by atoms with E-state index in [-0.39, 0.29) is 12.0 Å². The molecule has 1 aromatic carbocycles. The van der Waals surface area contributed by atoms with E-state index in [1.165, 1.54) is 25.1 Å². The van der Waals surface area contributed by atoms with Crippen LogP contribution in [0.5, 0.6) is 0 Å². The van der Waals surface area contributed by atoms with Gasteiger partial charge in [0, 0.05) is 11.3 Å². The first-order chi connectivity index (χ1) is 8.88. The van der Waals surface area contributed by atoms with Gasteiger partial charge in [-0.25, -0.2) is 0 Å². The zero-order valence-corrected chi connectivity index (χ0v) is 9.96. The quantitative estimate of drug-likeness (QED) is 0.436. The summed E-state index contributed by atoms with van der Waals surface area (Å²) in [6.45, 7) is 1.30. The Morgan fingerprint density at radius 3 is 1.84 bits per heavy atom. The first kappa shape index (κ1) is 14.5. The maximum atomic E-state index is 11.2. The molecule has 1 aromatic rings. The van der Waals surface area contributed by atoms with Gasteiger partial charge in [0.1, 0.15) is 15.4 Å². The highest BCUT2D eigenvalue weighted by Gasteiger charge is 2.70. The molecule has 9 heteroatoms. The number of nitro groups is 3. The summed E-state index contributed by atoms with van der Waals surface area (Å²) < 4.78 is 0. The largest absolute Gasteiger partial charge is 0.548 e. The lowest BCUT2D eigenvalue weighted by Gasteiger charge is -2.19. The lowest BCUT2D eigenvalue weighted by Crippen LogP contribution is -2.55. The maximum absolute atomic E-state index is 11.2. The number of hydrogen-bond donors (Lipinski definition) is 0. The van der Waals surface area contributed by atoms with Gasteiger partial charge < -0.3 is 0 Å². The monoisotopic (exact) mass is 269 g/mol. The molecule has 0 amide bonds. The van der Waals surface area contributed by atoms with Gasteiger partial charge in [-0.3, -0.25) is 30.3 Å². The molecule has 0 heterocycles. The molecule has 0 aliphatic rings. The standard InChI is InChI=1S/C10H11N3O6/c1-2-9(11(14)15)10(12(16)17,13(18)19)8-6-4-3-5-7-8/h3-7,9H,2H2,1H3. The Labute approximate surface area is 107 Å². The maximum Gasteiger partial charge on any atom is 0.548 e. The second-order valence-corrected chi connectivity index (χ2v) is 3.82. The van der Waals surface area contributed by atoms with Crippen molar-refractivity contribution < 1.29 is 14.8 Å². The fourth-order valence-electron chi connectivity index (χ4n) is 1.98. The van der Waals surface area contributed by atoms with E-state index < -0.39 is 26.5 Å². The minimum absolute atomic E-state index is 0.312. The normalized spacial score (nSPS) is 12.7.